The van der Waals surface area contributed by atoms with E-state index in [4.69, 9.17) is 9.47 Å². The van der Waals surface area contributed by atoms with Crippen molar-refractivity contribution in [2.45, 2.75) is 59.0 Å². The number of allylic oxidation sites excluding steroid dienone is 1. The highest BCUT2D eigenvalue weighted by Gasteiger charge is 2.65. The first-order chi connectivity index (χ1) is 13.6. The van der Waals surface area contributed by atoms with Crippen LogP contribution in [0.25, 0.3) is 0 Å². The van der Waals surface area contributed by atoms with E-state index in [1.807, 2.05) is 27.7 Å². The molecule has 0 aromatic heterocycles. The molecule has 5 atom stereocenters. The van der Waals surface area contributed by atoms with Gasteiger partial charge >= 0.3 is 11.9 Å². The molecular formula is C21H34N2O6. The zero-order valence-corrected chi connectivity index (χ0v) is 18.2. The van der Waals surface area contributed by atoms with Crippen molar-refractivity contribution in [3.8, 4) is 0 Å². The molecule has 0 heterocycles. The second-order valence-corrected chi connectivity index (χ2v) is 7.74. The monoisotopic (exact) mass is 410 g/mol. The molecule has 0 aliphatic heterocycles. The van der Waals surface area contributed by atoms with E-state index in [1.54, 1.807) is 6.08 Å². The normalized spacial score (nSPS) is 21.0. The largest absolute Gasteiger partial charge is 0.467 e. The third-order valence-corrected chi connectivity index (χ3v) is 6.02. The van der Waals surface area contributed by atoms with E-state index in [1.165, 1.54) is 14.2 Å². The fraction of sp³-hybridized carbons (Fsp3) is 0.714. The quantitative estimate of drug-likeness (QED) is 0.304. The molecule has 0 saturated heterocycles. The van der Waals surface area contributed by atoms with Crippen molar-refractivity contribution in [3.05, 3.63) is 12.7 Å². The van der Waals surface area contributed by atoms with E-state index >= 15 is 0 Å². The number of methoxy groups -OCH3 is 2. The predicted molar refractivity (Wildman–Crippen MR) is 108 cm³/mol. The molecule has 1 rings (SSSR count). The predicted octanol–water partition coefficient (Wildman–Crippen LogP) is 1.59. The van der Waals surface area contributed by atoms with E-state index in [0.717, 1.165) is 0 Å². The van der Waals surface area contributed by atoms with Crippen LogP contribution in [-0.2, 0) is 28.7 Å². The van der Waals surface area contributed by atoms with Gasteiger partial charge in [-0.15, -0.1) is 6.58 Å². The summed E-state index contributed by atoms with van der Waals surface area (Å²) in [5.74, 6) is -2.98. The maximum absolute atomic E-state index is 13.1. The topological polar surface area (TPSA) is 111 Å². The fourth-order valence-corrected chi connectivity index (χ4v) is 3.33. The molecule has 0 bridgehead atoms. The SMILES string of the molecule is C=CC1CC1(C(=O)N[C@H](C(=O)OC)[C@@H](C)CC)C(=O)N[C@H](C(=O)OC)[C@@H](C)CC. The van der Waals surface area contributed by atoms with Crippen molar-refractivity contribution in [1.82, 2.24) is 10.6 Å². The Bertz CT molecular complexity index is 603. The lowest BCUT2D eigenvalue weighted by atomic mass is 9.94. The molecule has 29 heavy (non-hydrogen) atoms. The molecule has 0 aromatic rings. The van der Waals surface area contributed by atoms with Gasteiger partial charge in [-0.2, -0.15) is 0 Å². The summed E-state index contributed by atoms with van der Waals surface area (Å²) in [5, 5.41) is 5.38. The number of ether oxygens (including phenoxy) is 2. The molecule has 8 nitrogen and oxygen atoms in total. The number of esters is 2. The molecule has 0 aromatic carbocycles. The van der Waals surface area contributed by atoms with Crippen LogP contribution in [0.2, 0.25) is 0 Å². The number of hydrogen-bond acceptors (Lipinski definition) is 6. The molecule has 1 unspecified atom stereocenters. The van der Waals surface area contributed by atoms with Gasteiger partial charge in [0.1, 0.15) is 17.5 Å². The van der Waals surface area contributed by atoms with Gasteiger partial charge in [-0.1, -0.05) is 46.6 Å². The molecule has 1 fully saturated rings. The van der Waals surface area contributed by atoms with Crippen LogP contribution in [-0.4, -0.2) is 50.1 Å². The highest BCUT2D eigenvalue weighted by atomic mass is 16.5. The Morgan fingerprint density at radius 3 is 1.59 bits per heavy atom. The molecule has 1 saturated carbocycles. The van der Waals surface area contributed by atoms with Crippen LogP contribution in [0.1, 0.15) is 47.0 Å². The minimum absolute atomic E-state index is 0.171. The van der Waals surface area contributed by atoms with Crippen molar-refractivity contribution in [1.29, 1.82) is 0 Å². The summed E-state index contributed by atoms with van der Waals surface area (Å²) >= 11 is 0. The molecule has 164 valence electrons. The number of nitrogens with one attached hydrogen (secondary N) is 2. The van der Waals surface area contributed by atoms with Gasteiger partial charge in [0.2, 0.25) is 11.8 Å². The van der Waals surface area contributed by atoms with Crippen LogP contribution in [0.3, 0.4) is 0 Å². The summed E-state index contributed by atoms with van der Waals surface area (Å²) in [6, 6.07) is -1.72. The summed E-state index contributed by atoms with van der Waals surface area (Å²) in [4.78, 5) is 50.5. The molecular weight excluding hydrogens is 376 g/mol. The summed E-state index contributed by atoms with van der Waals surface area (Å²) in [5.41, 5.74) is -1.40. The van der Waals surface area contributed by atoms with Crippen molar-refractivity contribution < 1.29 is 28.7 Å². The maximum atomic E-state index is 13.1. The summed E-state index contributed by atoms with van der Waals surface area (Å²) in [6.45, 7) is 11.1. The van der Waals surface area contributed by atoms with Gasteiger partial charge in [-0.25, -0.2) is 9.59 Å². The van der Waals surface area contributed by atoms with Crippen molar-refractivity contribution in [2.24, 2.45) is 23.2 Å². The molecule has 2 N–H and O–H groups in total. The van der Waals surface area contributed by atoms with Crippen LogP contribution in [0.15, 0.2) is 12.7 Å². The number of amides is 2. The average molecular weight is 411 g/mol. The standard InChI is InChI=1S/C21H34N2O6/c1-8-12(4)15(17(24)28-6)22-19(26)21(11-14(21)10-3)20(27)23-16(13(5)9-2)18(25)29-7/h10,12-16H,3,8-9,11H2,1-2,4-7H3,(H,22,26)(H,23,27)/t12-,13-,14?,15-,16-/m0/s1. The number of hydrogen-bond donors (Lipinski definition) is 2. The van der Waals surface area contributed by atoms with Crippen LogP contribution in [0.4, 0.5) is 0 Å². The van der Waals surface area contributed by atoms with Crippen LogP contribution in [0, 0.1) is 23.2 Å². The first-order valence-electron chi connectivity index (χ1n) is 10.0. The molecule has 2 amide bonds. The third kappa shape index (κ3) is 5.16. The average Bonchev–Trinajstić information content (AvgIpc) is 3.49. The molecule has 1 aliphatic carbocycles. The zero-order chi connectivity index (χ0) is 22.4. The minimum Gasteiger partial charge on any atom is -0.467 e. The highest BCUT2D eigenvalue weighted by Crippen LogP contribution is 2.54. The van der Waals surface area contributed by atoms with Gasteiger partial charge in [0.05, 0.1) is 14.2 Å². The fourth-order valence-electron chi connectivity index (χ4n) is 3.33. The van der Waals surface area contributed by atoms with E-state index in [9.17, 15) is 19.2 Å². The zero-order valence-electron chi connectivity index (χ0n) is 18.2. The van der Waals surface area contributed by atoms with Crippen molar-refractivity contribution in [3.63, 3.8) is 0 Å². The van der Waals surface area contributed by atoms with Crippen molar-refractivity contribution in [2.75, 3.05) is 14.2 Å². The van der Waals surface area contributed by atoms with E-state index in [-0.39, 0.29) is 24.2 Å². The van der Waals surface area contributed by atoms with Crippen LogP contribution < -0.4 is 10.6 Å². The molecule has 0 radical (unpaired) electrons. The van der Waals surface area contributed by atoms with Gasteiger partial charge in [0.25, 0.3) is 0 Å². The maximum Gasteiger partial charge on any atom is 0.328 e. The lowest BCUT2D eigenvalue weighted by molar-refractivity contribution is -0.150. The van der Waals surface area contributed by atoms with Gasteiger partial charge in [0.15, 0.2) is 0 Å². The third-order valence-electron chi connectivity index (χ3n) is 6.02. The number of carbonyl (C=O) groups is 4. The van der Waals surface area contributed by atoms with E-state index in [0.29, 0.717) is 12.8 Å². The van der Waals surface area contributed by atoms with Crippen molar-refractivity contribution >= 4 is 23.8 Å². The lowest BCUT2D eigenvalue weighted by Gasteiger charge is -2.27. The Hall–Kier alpha value is -2.38. The van der Waals surface area contributed by atoms with Crippen LogP contribution in [0.5, 0.6) is 0 Å². The van der Waals surface area contributed by atoms with Crippen LogP contribution >= 0.6 is 0 Å². The van der Waals surface area contributed by atoms with E-state index in [2.05, 4.69) is 17.2 Å². The Labute approximate surface area is 172 Å². The van der Waals surface area contributed by atoms with Gasteiger partial charge in [-0.3, -0.25) is 9.59 Å². The number of carbonyl (C=O) groups excluding carboxylic acids is 4. The molecule has 1 aliphatic rings. The lowest BCUT2D eigenvalue weighted by Crippen LogP contribution is -2.55. The number of rotatable bonds is 11. The van der Waals surface area contributed by atoms with Gasteiger partial charge in [0, 0.05) is 5.92 Å². The Balaban J connectivity index is 3.11. The van der Waals surface area contributed by atoms with E-state index < -0.39 is 41.3 Å². The Kier molecular flexibility index (Phi) is 8.85. The van der Waals surface area contributed by atoms with Gasteiger partial charge < -0.3 is 20.1 Å². The Morgan fingerprint density at radius 1 is 0.966 bits per heavy atom. The first kappa shape index (κ1) is 24.7. The van der Waals surface area contributed by atoms with Gasteiger partial charge in [-0.05, 0) is 18.3 Å². The second-order valence-electron chi connectivity index (χ2n) is 7.74. The molecule has 8 heteroatoms. The second kappa shape index (κ2) is 10.4. The highest BCUT2D eigenvalue weighted by molar-refractivity contribution is 6.10. The smallest absolute Gasteiger partial charge is 0.328 e. The summed E-state index contributed by atoms with van der Waals surface area (Å²) in [7, 11) is 2.51. The molecule has 0 spiro atoms. The minimum atomic E-state index is -1.40. The summed E-state index contributed by atoms with van der Waals surface area (Å²) < 4.78 is 9.61. The summed E-state index contributed by atoms with van der Waals surface area (Å²) in [6.07, 6.45) is 3.09. The Morgan fingerprint density at radius 2 is 1.34 bits per heavy atom. The first-order valence-corrected chi connectivity index (χ1v) is 10.0.